The average molecular weight is 574 g/mol. The molecular weight excluding hydrogens is 531 g/mol. The number of thioether (sulfide) groups is 6. The van der Waals surface area contributed by atoms with Gasteiger partial charge in [-0.3, -0.25) is 0 Å². The third kappa shape index (κ3) is 14.5. The normalized spacial score (nSPS) is 15.6. The van der Waals surface area contributed by atoms with E-state index in [1.807, 2.05) is 70.6 Å². The van der Waals surface area contributed by atoms with E-state index in [2.05, 4.69) is 23.8 Å². The molecule has 2 aliphatic heterocycles. The molecule has 0 bridgehead atoms. The topological polar surface area (TPSA) is 23.8 Å². The summed E-state index contributed by atoms with van der Waals surface area (Å²) in [6, 6.07) is 2.28. The summed E-state index contributed by atoms with van der Waals surface area (Å²) in [7, 11) is 0. The van der Waals surface area contributed by atoms with Crippen LogP contribution in [0.1, 0.15) is 116 Å². The first kappa shape index (κ1) is 31.0. The zero-order chi connectivity index (χ0) is 24.1. The molecule has 0 atom stereocenters. The van der Waals surface area contributed by atoms with Gasteiger partial charge in [-0.05, 0) is 23.0 Å². The van der Waals surface area contributed by atoms with Gasteiger partial charge in [-0.2, -0.15) is 5.26 Å². The van der Waals surface area contributed by atoms with Crippen LogP contribution in [0.4, 0.5) is 0 Å². The van der Waals surface area contributed by atoms with Crippen LogP contribution < -0.4 is 0 Å². The Morgan fingerprint density at radius 1 is 0.618 bits per heavy atom. The number of unbranched alkanes of at least 4 members (excludes halogenated alkanes) is 15. The van der Waals surface area contributed by atoms with Crippen molar-refractivity contribution in [3.05, 3.63) is 27.8 Å². The molecular formula is C27H43NS6. The molecule has 0 saturated carbocycles. The van der Waals surface area contributed by atoms with Crippen LogP contribution in [0.25, 0.3) is 0 Å². The van der Waals surface area contributed by atoms with Gasteiger partial charge in [-0.25, -0.2) is 0 Å². The molecule has 0 aromatic heterocycles. The lowest BCUT2D eigenvalue weighted by Gasteiger charge is -2.05. The van der Waals surface area contributed by atoms with Gasteiger partial charge in [0.25, 0.3) is 0 Å². The highest BCUT2D eigenvalue weighted by atomic mass is 32.3. The SMILES string of the molecule is CCCCCCCCCCCCCCCCCCSC1=C(SCCC#N)SC(=C2SC=CS2)S1. The number of nitriles is 1. The van der Waals surface area contributed by atoms with Gasteiger partial charge in [-0.1, -0.05) is 150 Å². The van der Waals surface area contributed by atoms with E-state index >= 15 is 0 Å². The molecule has 1 nitrogen and oxygen atoms in total. The third-order valence-electron chi connectivity index (χ3n) is 5.79. The summed E-state index contributed by atoms with van der Waals surface area (Å²) in [6.07, 6.45) is 23.5. The van der Waals surface area contributed by atoms with E-state index in [-0.39, 0.29) is 0 Å². The smallest absolute Gasteiger partial charge is 0.0717 e. The molecule has 192 valence electrons. The first-order valence-corrected chi connectivity index (χ1v) is 18.7. The molecule has 0 fully saturated rings. The van der Waals surface area contributed by atoms with Gasteiger partial charge in [0.1, 0.15) is 0 Å². The minimum absolute atomic E-state index is 0.632. The van der Waals surface area contributed by atoms with Crippen molar-refractivity contribution in [1.82, 2.24) is 0 Å². The number of rotatable bonds is 21. The van der Waals surface area contributed by atoms with E-state index in [0.717, 1.165) is 5.75 Å². The summed E-state index contributed by atoms with van der Waals surface area (Å²) >= 11 is 11.5. The third-order valence-corrected chi connectivity index (χ3v) is 14.1. The number of hydrogen-bond donors (Lipinski definition) is 0. The van der Waals surface area contributed by atoms with Crippen LogP contribution in [0.5, 0.6) is 0 Å². The van der Waals surface area contributed by atoms with E-state index in [9.17, 15) is 0 Å². The molecule has 0 aromatic carbocycles. The fraction of sp³-hybridized carbons (Fsp3) is 0.741. The van der Waals surface area contributed by atoms with Crippen molar-refractivity contribution in [2.75, 3.05) is 11.5 Å². The van der Waals surface area contributed by atoms with E-state index in [0.29, 0.717) is 6.42 Å². The second-order valence-corrected chi connectivity index (χ2v) is 15.9. The first-order chi connectivity index (χ1) is 16.8. The highest BCUT2D eigenvalue weighted by molar-refractivity contribution is 8.42. The molecule has 7 heteroatoms. The van der Waals surface area contributed by atoms with Crippen molar-refractivity contribution >= 4 is 70.6 Å². The fourth-order valence-electron chi connectivity index (χ4n) is 3.84. The van der Waals surface area contributed by atoms with Gasteiger partial charge in [0.15, 0.2) is 0 Å². The summed E-state index contributed by atoms with van der Waals surface area (Å²) in [6.45, 7) is 2.30. The van der Waals surface area contributed by atoms with Crippen molar-refractivity contribution in [2.24, 2.45) is 0 Å². The van der Waals surface area contributed by atoms with Crippen molar-refractivity contribution in [2.45, 2.75) is 116 Å². The molecule has 0 spiro atoms. The molecule has 0 N–H and O–H groups in total. The van der Waals surface area contributed by atoms with E-state index in [1.165, 1.54) is 125 Å². The molecule has 34 heavy (non-hydrogen) atoms. The van der Waals surface area contributed by atoms with Gasteiger partial charge in [0.05, 0.1) is 23.0 Å². The summed E-state index contributed by atoms with van der Waals surface area (Å²) in [5.41, 5.74) is 0. The van der Waals surface area contributed by atoms with Crippen molar-refractivity contribution < 1.29 is 0 Å². The number of nitrogens with zero attached hydrogens (tertiary/aromatic N) is 1. The van der Waals surface area contributed by atoms with Crippen molar-refractivity contribution in [3.8, 4) is 6.07 Å². The van der Waals surface area contributed by atoms with E-state index in [4.69, 9.17) is 5.26 Å². The van der Waals surface area contributed by atoms with Crippen LogP contribution in [-0.4, -0.2) is 11.5 Å². The Hall–Kier alpha value is 0.810. The van der Waals surface area contributed by atoms with E-state index in [1.54, 1.807) is 0 Å². The van der Waals surface area contributed by atoms with Crippen molar-refractivity contribution in [1.29, 1.82) is 5.26 Å². The quantitative estimate of drug-likeness (QED) is 0.126. The zero-order valence-electron chi connectivity index (χ0n) is 21.0. The highest BCUT2D eigenvalue weighted by Crippen LogP contribution is 2.61. The lowest BCUT2D eigenvalue weighted by Crippen LogP contribution is -1.85. The van der Waals surface area contributed by atoms with Gasteiger partial charge < -0.3 is 0 Å². The molecule has 0 aliphatic carbocycles. The first-order valence-electron chi connectivity index (χ1n) is 13.3. The van der Waals surface area contributed by atoms with Gasteiger partial charge in [-0.15, -0.1) is 23.5 Å². The zero-order valence-corrected chi connectivity index (χ0v) is 25.9. The van der Waals surface area contributed by atoms with Gasteiger partial charge in [0, 0.05) is 12.2 Å². The Labute approximate surface area is 235 Å². The second-order valence-electron chi connectivity index (χ2n) is 8.77. The molecule has 2 heterocycles. The maximum Gasteiger partial charge on any atom is 0.0717 e. The monoisotopic (exact) mass is 573 g/mol. The molecule has 0 unspecified atom stereocenters. The molecule has 2 aliphatic rings. The molecule has 0 aromatic rings. The standard InChI is InChI=1S/C27H43NS6/c1-2-3-4-5-6-7-8-9-10-11-12-13-14-15-16-17-20-29-25-26(30-21-18-19-28)34-27(33-25)24-31-22-23-32-24/h22-23H,2-18,20-21H2,1H3. The van der Waals surface area contributed by atoms with Gasteiger partial charge >= 0.3 is 0 Å². The maximum absolute atomic E-state index is 8.88. The Kier molecular flexibility index (Phi) is 19.9. The average Bonchev–Trinajstić information content (AvgIpc) is 3.52. The molecule has 0 radical (unpaired) electrons. The Morgan fingerprint density at radius 2 is 1.06 bits per heavy atom. The van der Waals surface area contributed by atoms with Crippen LogP contribution in [0.2, 0.25) is 0 Å². The van der Waals surface area contributed by atoms with Crippen LogP contribution in [0, 0.1) is 11.3 Å². The Bertz CT molecular complexity index is 669. The predicted octanol–water partition coefficient (Wildman–Crippen LogP) is 12.3. The Morgan fingerprint density at radius 3 is 1.53 bits per heavy atom. The van der Waals surface area contributed by atoms with Crippen molar-refractivity contribution in [3.63, 3.8) is 0 Å². The summed E-state index contributed by atoms with van der Waals surface area (Å²) in [5, 5.41) is 13.2. The lowest BCUT2D eigenvalue weighted by molar-refractivity contribution is 0.532. The number of hydrogen-bond acceptors (Lipinski definition) is 7. The predicted molar refractivity (Wildman–Crippen MR) is 168 cm³/mol. The molecule has 0 amide bonds. The summed E-state index contributed by atoms with van der Waals surface area (Å²) in [4.78, 5) is 0. The van der Waals surface area contributed by atoms with Crippen LogP contribution in [0.3, 0.4) is 0 Å². The fourth-order valence-corrected chi connectivity index (χ4v) is 11.8. The van der Waals surface area contributed by atoms with E-state index < -0.39 is 0 Å². The molecule has 0 saturated heterocycles. The van der Waals surface area contributed by atoms with Crippen LogP contribution in [0.15, 0.2) is 27.8 Å². The highest BCUT2D eigenvalue weighted by Gasteiger charge is 2.25. The largest absolute Gasteiger partial charge is 0.198 e. The molecule has 2 rings (SSSR count). The minimum atomic E-state index is 0.632. The minimum Gasteiger partial charge on any atom is -0.198 e. The maximum atomic E-state index is 8.88. The summed E-state index contributed by atoms with van der Waals surface area (Å²) in [5.74, 6) is 2.13. The van der Waals surface area contributed by atoms with Gasteiger partial charge in [0.2, 0.25) is 0 Å². The van der Waals surface area contributed by atoms with Crippen LogP contribution >= 0.6 is 70.6 Å². The lowest BCUT2D eigenvalue weighted by atomic mass is 10.0. The van der Waals surface area contributed by atoms with Crippen LogP contribution in [-0.2, 0) is 0 Å². The summed E-state index contributed by atoms with van der Waals surface area (Å²) < 4.78 is 5.77. The Balaban J connectivity index is 1.44. The second kappa shape index (κ2) is 21.9.